The van der Waals surface area contributed by atoms with E-state index in [0.29, 0.717) is 18.8 Å². The fourth-order valence-electron chi connectivity index (χ4n) is 2.80. The molecular formula is C17H28IN3O2S. The smallest absolute Gasteiger partial charge is 0.191 e. The number of halogens is 1. The highest BCUT2D eigenvalue weighted by Crippen LogP contribution is 2.17. The van der Waals surface area contributed by atoms with Gasteiger partial charge < -0.3 is 10.6 Å². The number of guanidine groups is 1. The lowest BCUT2D eigenvalue weighted by atomic mass is 10.1. The van der Waals surface area contributed by atoms with Crippen LogP contribution in [0.15, 0.2) is 23.2 Å². The van der Waals surface area contributed by atoms with E-state index in [2.05, 4.69) is 47.7 Å². The summed E-state index contributed by atoms with van der Waals surface area (Å²) >= 11 is 0. The Bertz CT molecular complexity index is 674. The molecule has 1 unspecified atom stereocenters. The zero-order valence-corrected chi connectivity index (χ0v) is 17.8. The Labute approximate surface area is 162 Å². The minimum atomic E-state index is -2.82. The average Bonchev–Trinajstić information content (AvgIpc) is 2.83. The number of rotatable bonds is 5. The molecule has 1 fully saturated rings. The van der Waals surface area contributed by atoms with Crippen LogP contribution < -0.4 is 10.6 Å². The predicted molar refractivity (Wildman–Crippen MR) is 111 cm³/mol. The Balaban J connectivity index is 0.00000288. The fourth-order valence-corrected chi connectivity index (χ4v) is 4.67. The van der Waals surface area contributed by atoms with E-state index in [1.165, 1.54) is 16.7 Å². The molecule has 1 aliphatic heterocycles. The molecule has 136 valence electrons. The van der Waals surface area contributed by atoms with Crippen LogP contribution in [-0.4, -0.2) is 39.0 Å². The number of nitrogens with zero attached hydrogens (tertiary/aromatic N) is 1. The molecule has 2 N–H and O–H groups in total. The zero-order valence-electron chi connectivity index (χ0n) is 14.6. The van der Waals surface area contributed by atoms with Crippen molar-refractivity contribution in [1.82, 2.24) is 10.6 Å². The lowest BCUT2D eigenvalue weighted by molar-refractivity contribution is 0.567. The molecule has 0 bridgehead atoms. The van der Waals surface area contributed by atoms with Crippen LogP contribution in [0, 0.1) is 19.8 Å². The molecule has 7 heteroatoms. The van der Waals surface area contributed by atoms with Crippen molar-refractivity contribution in [3.05, 3.63) is 34.9 Å². The van der Waals surface area contributed by atoms with E-state index in [0.717, 1.165) is 18.9 Å². The minimum absolute atomic E-state index is 0. The first-order valence-corrected chi connectivity index (χ1v) is 10.0. The maximum Gasteiger partial charge on any atom is 0.191 e. The Morgan fingerprint density at radius 3 is 2.62 bits per heavy atom. The number of hydrogen-bond acceptors (Lipinski definition) is 3. The van der Waals surface area contributed by atoms with Crippen molar-refractivity contribution in [2.45, 2.75) is 33.7 Å². The predicted octanol–water partition coefficient (Wildman–Crippen LogP) is 2.41. The van der Waals surface area contributed by atoms with Gasteiger partial charge in [0, 0.05) is 13.1 Å². The molecule has 1 heterocycles. The number of sulfone groups is 1. The third kappa shape index (κ3) is 6.58. The molecular weight excluding hydrogens is 437 g/mol. The summed E-state index contributed by atoms with van der Waals surface area (Å²) in [5, 5.41) is 6.49. The number of hydrogen-bond donors (Lipinski definition) is 2. The van der Waals surface area contributed by atoms with Crippen LogP contribution in [0.2, 0.25) is 0 Å². The van der Waals surface area contributed by atoms with Crippen LogP contribution in [0.4, 0.5) is 0 Å². The average molecular weight is 465 g/mol. The summed E-state index contributed by atoms with van der Waals surface area (Å²) in [6, 6.07) is 6.37. The van der Waals surface area contributed by atoms with Gasteiger partial charge >= 0.3 is 0 Å². The summed E-state index contributed by atoms with van der Waals surface area (Å²) in [5.74, 6) is 1.54. The van der Waals surface area contributed by atoms with Gasteiger partial charge in [-0.1, -0.05) is 23.8 Å². The second-order valence-electron chi connectivity index (χ2n) is 6.28. The highest BCUT2D eigenvalue weighted by Gasteiger charge is 2.27. The molecule has 0 amide bonds. The van der Waals surface area contributed by atoms with Crippen LogP contribution in [0.5, 0.6) is 0 Å². The van der Waals surface area contributed by atoms with Gasteiger partial charge in [0.05, 0.1) is 18.1 Å². The molecule has 0 saturated carbocycles. The summed E-state index contributed by atoms with van der Waals surface area (Å²) < 4.78 is 23.0. The Hall–Kier alpha value is -0.830. The molecule has 0 aromatic heterocycles. The first-order valence-electron chi connectivity index (χ1n) is 8.18. The highest BCUT2D eigenvalue weighted by molar-refractivity contribution is 14.0. The van der Waals surface area contributed by atoms with E-state index in [4.69, 9.17) is 0 Å². The summed E-state index contributed by atoms with van der Waals surface area (Å²) in [6.45, 7) is 8.25. The topological polar surface area (TPSA) is 70.6 Å². The van der Waals surface area contributed by atoms with Gasteiger partial charge in [0.2, 0.25) is 0 Å². The molecule has 24 heavy (non-hydrogen) atoms. The molecule has 1 aliphatic rings. The number of aliphatic imine (C=N–C) groups is 1. The second-order valence-corrected chi connectivity index (χ2v) is 8.50. The Kier molecular flexibility index (Phi) is 8.49. The van der Waals surface area contributed by atoms with Crippen molar-refractivity contribution in [1.29, 1.82) is 0 Å². The van der Waals surface area contributed by atoms with Gasteiger partial charge in [0.15, 0.2) is 15.8 Å². The van der Waals surface area contributed by atoms with E-state index in [1.54, 1.807) is 0 Å². The van der Waals surface area contributed by atoms with Crippen LogP contribution in [0.1, 0.15) is 30.0 Å². The lowest BCUT2D eigenvalue weighted by Gasteiger charge is -2.14. The van der Waals surface area contributed by atoms with Crippen LogP contribution in [-0.2, 0) is 16.4 Å². The molecule has 0 spiro atoms. The van der Waals surface area contributed by atoms with Crippen LogP contribution in [0.3, 0.4) is 0 Å². The van der Waals surface area contributed by atoms with E-state index >= 15 is 0 Å². The molecule has 0 aliphatic carbocycles. The van der Waals surface area contributed by atoms with Crippen molar-refractivity contribution in [2.75, 3.05) is 24.6 Å². The van der Waals surface area contributed by atoms with Gasteiger partial charge in [0.1, 0.15) is 0 Å². The van der Waals surface area contributed by atoms with E-state index in [9.17, 15) is 8.42 Å². The summed E-state index contributed by atoms with van der Waals surface area (Å²) in [4.78, 5) is 4.62. The zero-order chi connectivity index (χ0) is 16.9. The SMILES string of the molecule is CCNC(=NCc1ccc(C)cc1C)NCC1CCS(=O)(=O)C1.I. The van der Waals surface area contributed by atoms with Crippen molar-refractivity contribution < 1.29 is 8.42 Å². The summed E-state index contributed by atoms with van der Waals surface area (Å²) in [7, 11) is -2.82. The van der Waals surface area contributed by atoms with E-state index in [-0.39, 0.29) is 35.6 Å². The number of nitrogens with one attached hydrogen (secondary N) is 2. The van der Waals surface area contributed by atoms with Crippen molar-refractivity contribution in [3.63, 3.8) is 0 Å². The minimum Gasteiger partial charge on any atom is -0.357 e. The molecule has 0 radical (unpaired) electrons. The van der Waals surface area contributed by atoms with Gasteiger partial charge in [0.25, 0.3) is 0 Å². The molecule has 1 saturated heterocycles. The molecule has 2 rings (SSSR count). The monoisotopic (exact) mass is 465 g/mol. The summed E-state index contributed by atoms with van der Waals surface area (Å²) in [6.07, 6.45) is 0.742. The Morgan fingerprint density at radius 2 is 2.04 bits per heavy atom. The third-order valence-corrected chi connectivity index (χ3v) is 5.97. The molecule has 1 atom stereocenters. The quantitative estimate of drug-likeness (QED) is 0.398. The standard InChI is InChI=1S/C17H27N3O2S.HI/c1-4-18-17(19-10-15-7-8-23(21,22)12-15)20-11-16-6-5-13(2)9-14(16)3;/h5-6,9,15H,4,7-8,10-12H2,1-3H3,(H2,18,19,20);1H. The first-order chi connectivity index (χ1) is 10.9. The maximum absolute atomic E-state index is 11.5. The van der Waals surface area contributed by atoms with Crippen LogP contribution in [0.25, 0.3) is 0 Å². The van der Waals surface area contributed by atoms with E-state index < -0.39 is 9.84 Å². The molecule has 5 nitrogen and oxygen atoms in total. The number of aryl methyl sites for hydroxylation is 2. The van der Waals surface area contributed by atoms with Crippen LogP contribution >= 0.6 is 24.0 Å². The Morgan fingerprint density at radius 1 is 1.29 bits per heavy atom. The fraction of sp³-hybridized carbons (Fsp3) is 0.588. The lowest BCUT2D eigenvalue weighted by Crippen LogP contribution is -2.40. The van der Waals surface area contributed by atoms with Gasteiger partial charge in [-0.2, -0.15) is 0 Å². The summed E-state index contributed by atoms with van der Waals surface area (Å²) in [5.41, 5.74) is 3.70. The third-order valence-electron chi connectivity index (χ3n) is 4.13. The second kappa shape index (κ2) is 9.60. The molecule has 1 aromatic carbocycles. The van der Waals surface area contributed by atoms with Crippen molar-refractivity contribution in [2.24, 2.45) is 10.9 Å². The number of benzene rings is 1. The van der Waals surface area contributed by atoms with Gasteiger partial charge in [-0.15, -0.1) is 24.0 Å². The molecule has 1 aromatic rings. The van der Waals surface area contributed by atoms with Crippen molar-refractivity contribution in [3.8, 4) is 0 Å². The van der Waals surface area contributed by atoms with Gasteiger partial charge in [-0.3, -0.25) is 0 Å². The van der Waals surface area contributed by atoms with Crippen molar-refractivity contribution >= 4 is 39.8 Å². The normalized spacial score (nSPS) is 19.6. The van der Waals surface area contributed by atoms with Gasteiger partial charge in [-0.25, -0.2) is 13.4 Å². The van der Waals surface area contributed by atoms with Gasteiger partial charge in [-0.05, 0) is 44.2 Å². The van der Waals surface area contributed by atoms with E-state index in [1.807, 2.05) is 6.92 Å². The largest absolute Gasteiger partial charge is 0.357 e. The first kappa shape index (κ1) is 21.2. The maximum atomic E-state index is 11.5. The highest BCUT2D eigenvalue weighted by atomic mass is 127.